The summed E-state index contributed by atoms with van der Waals surface area (Å²) in [6.07, 6.45) is 3.09. The van der Waals surface area contributed by atoms with Crippen molar-refractivity contribution in [3.63, 3.8) is 0 Å². The molecule has 0 aliphatic carbocycles. The molecule has 1 heterocycles. The van der Waals surface area contributed by atoms with Gasteiger partial charge in [0, 0.05) is 6.20 Å². The first-order chi connectivity index (χ1) is 3.93. The smallest absolute Gasteiger partial charge is 0.0896 e. The number of rotatable bonds is 1. The maximum atomic E-state index is 7.99. The van der Waals surface area contributed by atoms with Gasteiger partial charge in [-0.3, -0.25) is 0 Å². The van der Waals surface area contributed by atoms with Gasteiger partial charge in [-0.2, -0.15) is 0 Å². The second-order valence-corrected chi connectivity index (χ2v) is 1.37. The number of hydrogen-bond donors (Lipinski definition) is 2. The molecule has 0 amide bonds. The van der Waals surface area contributed by atoms with E-state index in [4.69, 9.17) is 5.21 Å². The topological polar surface area (TPSA) is 48.4 Å². The third kappa shape index (κ3) is 0.872. The van der Waals surface area contributed by atoms with Crippen LogP contribution in [0.5, 0.6) is 0 Å². The Bertz CT molecular complexity index is 167. The summed E-state index contributed by atoms with van der Waals surface area (Å²) in [5, 5.41) is 10.8. The largest absolute Gasteiger partial charge is 0.411 e. The van der Waals surface area contributed by atoms with E-state index in [0.29, 0.717) is 0 Å². The molecule has 0 bridgehead atoms. The highest BCUT2D eigenvalue weighted by molar-refractivity contribution is 5.76. The van der Waals surface area contributed by atoms with Crippen molar-refractivity contribution in [2.24, 2.45) is 5.16 Å². The van der Waals surface area contributed by atoms with E-state index < -0.39 is 0 Å². The van der Waals surface area contributed by atoms with E-state index >= 15 is 0 Å². The zero-order valence-corrected chi connectivity index (χ0v) is 4.20. The Morgan fingerprint density at radius 1 is 1.75 bits per heavy atom. The predicted octanol–water partition coefficient (Wildman–Crippen LogP) is 0.823. The fraction of sp³-hybridized carbons (Fsp3) is 0. The van der Waals surface area contributed by atoms with Gasteiger partial charge in [-0.15, -0.1) is 0 Å². The lowest BCUT2D eigenvalue weighted by Gasteiger charge is -1.76. The third-order valence-corrected chi connectivity index (χ3v) is 0.819. The normalized spacial score (nSPS) is 10.5. The summed E-state index contributed by atoms with van der Waals surface area (Å²) in [6.45, 7) is 0. The summed E-state index contributed by atoms with van der Waals surface area (Å²) < 4.78 is 0. The SMILES string of the molecule is O/N=C/c1ccc[nH]1. The predicted molar refractivity (Wildman–Crippen MR) is 30.2 cm³/mol. The summed E-state index contributed by atoms with van der Waals surface area (Å²) >= 11 is 0. The molecule has 3 heteroatoms. The Labute approximate surface area is 46.6 Å². The summed E-state index contributed by atoms with van der Waals surface area (Å²) in [4.78, 5) is 2.83. The van der Waals surface area contributed by atoms with Gasteiger partial charge in [0.1, 0.15) is 0 Å². The fourth-order valence-corrected chi connectivity index (χ4v) is 0.487. The van der Waals surface area contributed by atoms with Crippen molar-refractivity contribution in [1.29, 1.82) is 0 Å². The molecule has 42 valence electrons. The minimum atomic E-state index is 0.799. The van der Waals surface area contributed by atoms with Gasteiger partial charge in [-0.1, -0.05) is 5.16 Å². The Kier molecular flexibility index (Phi) is 1.32. The van der Waals surface area contributed by atoms with Crippen molar-refractivity contribution in [2.45, 2.75) is 0 Å². The average molecular weight is 110 g/mol. The van der Waals surface area contributed by atoms with Crippen molar-refractivity contribution in [3.05, 3.63) is 24.0 Å². The first-order valence-electron chi connectivity index (χ1n) is 2.24. The zero-order chi connectivity index (χ0) is 5.82. The van der Waals surface area contributed by atoms with E-state index in [1.54, 1.807) is 12.3 Å². The minimum Gasteiger partial charge on any atom is -0.411 e. The van der Waals surface area contributed by atoms with Gasteiger partial charge >= 0.3 is 0 Å². The zero-order valence-electron chi connectivity index (χ0n) is 4.20. The number of aromatic amines is 1. The molecule has 0 fully saturated rings. The van der Waals surface area contributed by atoms with E-state index in [2.05, 4.69) is 10.1 Å². The Morgan fingerprint density at radius 2 is 2.62 bits per heavy atom. The number of H-pyrrole nitrogens is 1. The molecule has 8 heavy (non-hydrogen) atoms. The van der Waals surface area contributed by atoms with Gasteiger partial charge in [-0.05, 0) is 12.1 Å². The van der Waals surface area contributed by atoms with Crippen LogP contribution in [0.25, 0.3) is 0 Å². The molecule has 0 saturated heterocycles. The van der Waals surface area contributed by atoms with E-state index in [1.807, 2.05) is 6.07 Å². The van der Waals surface area contributed by atoms with Crippen LogP contribution in [0, 0.1) is 0 Å². The maximum absolute atomic E-state index is 7.99. The van der Waals surface area contributed by atoms with Crippen molar-refractivity contribution in [1.82, 2.24) is 4.98 Å². The standard InChI is InChI=1S/C5H6N2O/c8-7-4-5-2-1-3-6-5/h1-4,6,8H/b7-4+. The van der Waals surface area contributed by atoms with E-state index in [-0.39, 0.29) is 0 Å². The second kappa shape index (κ2) is 2.16. The highest BCUT2D eigenvalue weighted by Gasteiger charge is 1.80. The molecular formula is C5H6N2O. The molecule has 0 aromatic carbocycles. The second-order valence-electron chi connectivity index (χ2n) is 1.37. The van der Waals surface area contributed by atoms with Gasteiger partial charge in [0.05, 0.1) is 11.9 Å². The monoisotopic (exact) mass is 110 g/mol. The lowest BCUT2D eigenvalue weighted by Crippen LogP contribution is -1.76. The third-order valence-electron chi connectivity index (χ3n) is 0.819. The molecule has 1 aromatic heterocycles. The quantitative estimate of drug-likeness (QED) is 0.314. The molecule has 0 radical (unpaired) electrons. The van der Waals surface area contributed by atoms with Crippen LogP contribution in [0.1, 0.15) is 5.69 Å². The first kappa shape index (κ1) is 4.90. The first-order valence-corrected chi connectivity index (χ1v) is 2.24. The van der Waals surface area contributed by atoms with E-state index in [0.717, 1.165) is 5.69 Å². The van der Waals surface area contributed by atoms with E-state index in [9.17, 15) is 0 Å². The molecule has 0 atom stereocenters. The van der Waals surface area contributed by atoms with Crippen LogP contribution in [-0.4, -0.2) is 16.4 Å². The van der Waals surface area contributed by atoms with Crippen LogP contribution in [0.3, 0.4) is 0 Å². The van der Waals surface area contributed by atoms with Gasteiger partial charge in [-0.25, -0.2) is 0 Å². The molecule has 3 nitrogen and oxygen atoms in total. The number of nitrogens with zero attached hydrogens (tertiary/aromatic N) is 1. The van der Waals surface area contributed by atoms with Crippen molar-refractivity contribution in [2.75, 3.05) is 0 Å². The summed E-state index contributed by atoms with van der Waals surface area (Å²) in [7, 11) is 0. The molecule has 0 unspecified atom stereocenters. The minimum absolute atomic E-state index is 0.799. The van der Waals surface area contributed by atoms with Gasteiger partial charge in [0.2, 0.25) is 0 Å². The van der Waals surface area contributed by atoms with Crippen LogP contribution < -0.4 is 0 Å². The molecule has 2 N–H and O–H groups in total. The lowest BCUT2D eigenvalue weighted by molar-refractivity contribution is 0.321. The van der Waals surface area contributed by atoms with Crippen molar-refractivity contribution < 1.29 is 5.21 Å². The number of aromatic nitrogens is 1. The summed E-state index contributed by atoms with van der Waals surface area (Å²) in [5.74, 6) is 0. The Morgan fingerprint density at radius 3 is 3.12 bits per heavy atom. The maximum Gasteiger partial charge on any atom is 0.0896 e. The van der Waals surface area contributed by atoms with Crippen LogP contribution in [0.4, 0.5) is 0 Å². The number of oxime groups is 1. The summed E-state index contributed by atoms with van der Waals surface area (Å²) in [5.41, 5.74) is 0.799. The highest BCUT2D eigenvalue weighted by atomic mass is 16.4. The number of nitrogens with one attached hydrogen (secondary N) is 1. The summed E-state index contributed by atoms with van der Waals surface area (Å²) in [6, 6.07) is 3.64. The fourth-order valence-electron chi connectivity index (χ4n) is 0.487. The Balaban J connectivity index is 2.77. The van der Waals surface area contributed by atoms with Crippen LogP contribution in [0.15, 0.2) is 23.5 Å². The molecule has 1 aromatic rings. The molecule has 0 aliphatic rings. The number of hydrogen-bond acceptors (Lipinski definition) is 2. The van der Waals surface area contributed by atoms with Gasteiger partial charge in [0.15, 0.2) is 0 Å². The van der Waals surface area contributed by atoms with Crippen molar-refractivity contribution in [3.8, 4) is 0 Å². The molecule has 1 rings (SSSR count). The van der Waals surface area contributed by atoms with Crippen LogP contribution >= 0.6 is 0 Å². The van der Waals surface area contributed by atoms with E-state index in [1.165, 1.54) is 6.21 Å². The van der Waals surface area contributed by atoms with Gasteiger partial charge < -0.3 is 10.2 Å². The molecule has 0 saturated carbocycles. The van der Waals surface area contributed by atoms with Gasteiger partial charge in [0.25, 0.3) is 0 Å². The Hall–Kier alpha value is -1.25. The van der Waals surface area contributed by atoms with Crippen molar-refractivity contribution >= 4 is 6.21 Å². The van der Waals surface area contributed by atoms with Crippen LogP contribution in [-0.2, 0) is 0 Å². The van der Waals surface area contributed by atoms with Crippen LogP contribution in [0.2, 0.25) is 0 Å². The molecule has 0 aliphatic heterocycles. The highest BCUT2D eigenvalue weighted by Crippen LogP contribution is 1.87. The molecular weight excluding hydrogens is 104 g/mol. The lowest BCUT2D eigenvalue weighted by atomic mass is 10.5. The average Bonchev–Trinajstić information content (AvgIpc) is 2.19. The molecule has 0 spiro atoms.